The van der Waals surface area contributed by atoms with Gasteiger partial charge in [-0.25, -0.2) is 0 Å². The normalized spacial score (nSPS) is 13.7. The molecule has 75 heavy (non-hydrogen) atoms. The maximum absolute atomic E-state index is 2.52. The van der Waals surface area contributed by atoms with Gasteiger partial charge in [0, 0.05) is 22.2 Å². The summed E-state index contributed by atoms with van der Waals surface area (Å²) in [5.74, 6) is 0. The second-order valence-corrected chi connectivity index (χ2v) is 20.0. The molecule has 0 heterocycles. The predicted octanol–water partition coefficient (Wildman–Crippen LogP) is 20.3. The van der Waals surface area contributed by atoms with E-state index >= 15 is 0 Å². The summed E-state index contributed by atoms with van der Waals surface area (Å²) in [5, 5.41) is 7.47. The Morgan fingerprint density at radius 3 is 1.48 bits per heavy atom. The molecule has 0 aromatic heterocycles. The van der Waals surface area contributed by atoms with Gasteiger partial charge in [-0.05, 0) is 142 Å². The molecule has 0 radical (unpaired) electrons. The Morgan fingerprint density at radius 2 is 0.747 bits per heavy atom. The first-order valence-electron chi connectivity index (χ1n) is 26.1. The molecule has 1 nitrogen and oxygen atoms in total. The summed E-state index contributed by atoms with van der Waals surface area (Å²) in [5.41, 5.74) is 21.4. The van der Waals surface area contributed by atoms with Crippen molar-refractivity contribution in [1.82, 2.24) is 0 Å². The van der Waals surface area contributed by atoms with Crippen LogP contribution in [-0.4, -0.2) is 0 Å². The summed E-state index contributed by atoms with van der Waals surface area (Å²) >= 11 is 0. The first-order valence-corrected chi connectivity index (χ1v) is 26.1. The molecule has 1 aliphatic carbocycles. The van der Waals surface area contributed by atoms with Crippen LogP contribution in [0.3, 0.4) is 0 Å². The Morgan fingerprint density at radius 1 is 0.267 bits per heavy atom. The molecule has 0 bridgehead atoms. The summed E-state index contributed by atoms with van der Waals surface area (Å²) in [6, 6.07) is 107. The third-order valence-electron chi connectivity index (χ3n) is 16.0. The molecule has 1 heteroatoms. The van der Waals surface area contributed by atoms with E-state index in [1.54, 1.807) is 0 Å². The molecule has 1 unspecified atom stereocenters. The van der Waals surface area contributed by atoms with E-state index in [0.717, 1.165) is 28.2 Å². The van der Waals surface area contributed by atoms with E-state index in [-0.39, 0.29) is 5.41 Å². The minimum Gasteiger partial charge on any atom is -0.309 e. The fourth-order valence-corrected chi connectivity index (χ4v) is 12.4. The smallest absolute Gasteiger partial charge is 0.0543 e. The van der Waals surface area contributed by atoms with Gasteiger partial charge in [0.15, 0.2) is 0 Å². The van der Waals surface area contributed by atoms with Crippen molar-refractivity contribution in [1.29, 1.82) is 0 Å². The number of anilines is 3. The molecule has 0 fully saturated rings. The maximum Gasteiger partial charge on any atom is 0.0543 e. The Kier molecular flexibility index (Phi) is 10.7. The van der Waals surface area contributed by atoms with Crippen LogP contribution < -0.4 is 4.90 Å². The van der Waals surface area contributed by atoms with E-state index in [1.807, 2.05) is 0 Å². The first-order chi connectivity index (χ1) is 37.1. The zero-order valence-corrected chi connectivity index (χ0v) is 41.7. The van der Waals surface area contributed by atoms with Crippen molar-refractivity contribution in [3.05, 3.63) is 308 Å². The van der Waals surface area contributed by atoms with Crippen molar-refractivity contribution in [3.63, 3.8) is 0 Å². The lowest BCUT2D eigenvalue weighted by atomic mass is 9.74. The highest BCUT2D eigenvalue weighted by Crippen LogP contribution is 2.57. The van der Waals surface area contributed by atoms with Gasteiger partial charge in [-0.2, -0.15) is 0 Å². The Hall–Kier alpha value is -9.56. The molecule has 0 aliphatic heterocycles. The van der Waals surface area contributed by atoms with Crippen molar-refractivity contribution in [2.75, 3.05) is 4.90 Å². The number of hydrogen-bond acceptors (Lipinski definition) is 1. The number of fused-ring (bicyclic) bond motifs is 7. The van der Waals surface area contributed by atoms with E-state index in [0.29, 0.717) is 0 Å². The summed E-state index contributed by atoms with van der Waals surface area (Å²) in [6.45, 7) is 2.40. The summed E-state index contributed by atoms with van der Waals surface area (Å²) < 4.78 is 0. The lowest BCUT2D eigenvalue weighted by Crippen LogP contribution is -2.22. The van der Waals surface area contributed by atoms with Crippen molar-refractivity contribution in [3.8, 4) is 66.8 Å². The van der Waals surface area contributed by atoms with Crippen LogP contribution in [0, 0.1) is 0 Å². The van der Waals surface area contributed by atoms with Gasteiger partial charge in [0.05, 0.1) is 11.4 Å². The van der Waals surface area contributed by atoms with Gasteiger partial charge in [-0.1, -0.05) is 261 Å². The number of hydrogen-bond donors (Lipinski definition) is 0. The molecule has 1 aliphatic rings. The van der Waals surface area contributed by atoms with Gasteiger partial charge in [-0.3, -0.25) is 0 Å². The fourth-order valence-electron chi connectivity index (χ4n) is 12.4. The largest absolute Gasteiger partial charge is 0.309 e. The van der Waals surface area contributed by atoms with Crippen LogP contribution in [0.15, 0.2) is 291 Å². The molecule has 0 saturated heterocycles. The highest BCUT2D eigenvalue weighted by atomic mass is 15.1. The lowest BCUT2D eigenvalue weighted by molar-refractivity contribution is 0.714. The highest BCUT2D eigenvalue weighted by molar-refractivity contribution is 6.22. The van der Waals surface area contributed by atoms with Crippen molar-refractivity contribution < 1.29 is 0 Å². The average Bonchev–Trinajstić information content (AvgIpc) is 3.81. The van der Waals surface area contributed by atoms with Crippen LogP contribution in [0.25, 0.3) is 99.1 Å². The van der Waals surface area contributed by atoms with Crippen LogP contribution >= 0.6 is 0 Å². The van der Waals surface area contributed by atoms with E-state index in [1.165, 1.54) is 105 Å². The molecule has 13 aromatic rings. The fraction of sp³-hybridized carbons (Fsp3) is 0.0270. The molecule has 13 aromatic carbocycles. The van der Waals surface area contributed by atoms with Crippen molar-refractivity contribution in [2.24, 2.45) is 0 Å². The van der Waals surface area contributed by atoms with Gasteiger partial charge in [0.2, 0.25) is 0 Å². The Balaban J connectivity index is 0.973. The molecular formula is C74H51N. The molecule has 1 atom stereocenters. The Bertz CT molecular complexity index is 4270. The number of rotatable bonds is 9. The molecule has 0 saturated carbocycles. The third-order valence-corrected chi connectivity index (χ3v) is 16.0. The maximum atomic E-state index is 2.52. The second kappa shape index (κ2) is 18.2. The first kappa shape index (κ1) is 44.2. The molecule has 14 rings (SSSR count). The molecule has 352 valence electrons. The second-order valence-electron chi connectivity index (χ2n) is 20.0. The zero-order chi connectivity index (χ0) is 49.9. The lowest BCUT2D eigenvalue weighted by Gasteiger charge is -2.31. The summed E-state index contributed by atoms with van der Waals surface area (Å²) in [4.78, 5) is 2.52. The van der Waals surface area contributed by atoms with E-state index in [2.05, 4.69) is 303 Å². The zero-order valence-electron chi connectivity index (χ0n) is 41.7. The van der Waals surface area contributed by atoms with E-state index in [9.17, 15) is 0 Å². The molecule has 0 amide bonds. The average molecular weight is 954 g/mol. The minimum atomic E-state index is -0.359. The van der Waals surface area contributed by atoms with Crippen LogP contribution in [-0.2, 0) is 5.41 Å². The predicted molar refractivity (Wildman–Crippen MR) is 318 cm³/mol. The Labute approximate surface area is 438 Å². The van der Waals surface area contributed by atoms with Gasteiger partial charge in [0.25, 0.3) is 0 Å². The van der Waals surface area contributed by atoms with Crippen LogP contribution in [0.2, 0.25) is 0 Å². The SMILES string of the molecule is CC1(c2ccccc2)c2ccccc2-c2c(N(c3ccc(-c4ccc(-c5cccc6ccccc56)cc4)cc3)c3ccccc3-c3ccc4c(c3)c(-c3ccccc3)c(-c3ccccc3)c3ccccc34)cccc21. The van der Waals surface area contributed by atoms with Gasteiger partial charge >= 0.3 is 0 Å². The molecular weight excluding hydrogens is 903 g/mol. The summed E-state index contributed by atoms with van der Waals surface area (Å²) in [6.07, 6.45) is 0. The van der Waals surface area contributed by atoms with E-state index < -0.39 is 0 Å². The van der Waals surface area contributed by atoms with Crippen molar-refractivity contribution in [2.45, 2.75) is 12.3 Å². The quantitative estimate of drug-likeness (QED) is 0.130. The molecule has 0 spiro atoms. The van der Waals surface area contributed by atoms with Gasteiger partial charge in [-0.15, -0.1) is 0 Å². The minimum absolute atomic E-state index is 0.359. The number of nitrogens with zero attached hydrogens (tertiary/aromatic N) is 1. The highest BCUT2D eigenvalue weighted by Gasteiger charge is 2.42. The van der Waals surface area contributed by atoms with Crippen molar-refractivity contribution >= 4 is 49.4 Å². The topological polar surface area (TPSA) is 3.24 Å². The van der Waals surface area contributed by atoms with Crippen LogP contribution in [0.1, 0.15) is 23.6 Å². The van der Waals surface area contributed by atoms with Crippen LogP contribution in [0.4, 0.5) is 17.1 Å². The van der Waals surface area contributed by atoms with E-state index in [4.69, 9.17) is 0 Å². The number of para-hydroxylation sites is 1. The number of benzene rings is 13. The monoisotopic (exact) mass is 953 g/mol. The third kappa shape index (κ3) is 7.31. The molecule has 0 N–H and O–H groups in total. The summed E-state index contributed by atoms with van der Waals surface area (Å²) in [7, 11) is 0. The van der Waals surface area contributed by atoms with Gasteiger partial charge in [0.1, 0.15) is 0 Å². The standard InChI is InChI=1S/C74H51N/c1-74(57-27-9-4-10-28-57)67-35-17-15-33-65(67)73-68(74)36-20-38-70(73)75(58-46-43-51(44-47-58)50-39-41-53(42-40-50)60-34-19-26-52-21-11-12-29-59(52)60)69-37-18-16-30-61(69)56-45-48-63-62-31-13-14-32-64(62)71(54-22-5-2-6-23-54)72(66(63)49-56)55-24-7-3-8-25-55/h2-49H,1H3. The van der Waals surface area contributed by atoms with Crippen LogP contribution in [0.5, 0.6) is 0 Å². The van der Waals surface area contributed by atoms with Gasteiger partial charge < -0.3 is 4.90 Å².